The smallest absolute Gasteiger partial charge is 0.218 e. The molecule has 0 aliphatic carbocycles. The number of nitrogens with zero attached hydrogens (tertiary/aromatic N) is 2. The van der Waals surface area contributed by atoms with Gasteiger partial charge in [0.2, 0.25) is 5.69 Å². The normalized spacial score (nSPS) is 10.0. The highest BCUT2D eigenvalue weighted by atomic mass is 16.8. The zero-order valence-electron chi connectivity index (χ0n) is 5.42. The first-order valence-corrected chi connectivity index (χ1v) is 2.81. The molecule has 0 aliphatic heterocycles. The fourth-order valence-electron chi connectivity index (χ4n) is 0.717. The highest BCUT2D eigenvalue weighted by molar-refractivity contribution is 4.98. The van der Waals surface area contributed by atoms with Gasteiger partial charge in [-0.3, -0.25) is 4.63 Å². The van der Waals surface area contributed by atoms with Gasteiger partial charge in [0.1, 0.15) is 0 Å². The second-order valence-corrected chi connectivity index (χ2v) is 1.82. The molecular weight excluding hydrogens is 120 g/mol. The summed E-state index contributed by atoms with van der Waals surface area (Å²) in [7, 11) is 0. The third-order valence-corrected chi connectivity index (χ3v) is 1.22. The Morgan fingerprint density at radius 2 is 2.44 bits per heavy atom. The molecule has 1 heterocycles. The van der Waals surface area contributed by atoms with E-state index >= 15 is 0 Å². The van der Waals surface area contributed by atoms with E-state index in [9.17, 15) is 5.21 Å². The molecule has 0 atom stereocenters. The molecule has 1 aromatic rings. The van der Waals surface area contributed by atoms with Gasteiger partial charge >= 0.3 is 0 Å². The van der Waals surface area contributed by atoms with Crippen LogP contribution in [-0.2, 0) is 6.42 Å². The van der Waals surface area contributed by atoms with E-state index in [-0.39, 0.29) is 0 Å². The minimum absolute atomic E-state index is 0.440. The van der Waals surface area contributed by atoms with Crippen molar-refractivity contribution in [1.29, 1.82) is 0 Å². The van der Waals surface area contributed by atoms with Crippen LogP contribution < -0.4 is 4.90 Å². The summed E-state index contributed by atoms with van der Waals surface area (Å²) in [5, 5.41) is 14.0. The van der Waals surface area contributed by atoms with Gasteiger partial charge in [0, 0.05) is 18.5 Å². The van der Waals surface area contributed by atoms with Crippen LogP contribution in [0, 0.1) is 12.1 Å². The fourth-order valence-corrected chi connectivity index (χ4v) is 0.717. The number of aromatic nitrogens is 2. The summed E-state index contributed by atoms with van der Waals surface area (Å²) in [6, 6.07) is 0. The minimum Gasteiger partial charge on any atom is -0.359 e. The van der Waals surface area contributed by atoms with Crippen LogP contribution in [0.1, 0.15) is 18.3 Å². The van der Waals surface area contributed by atoms with Crippen LogP contribution >= 0.6 is 0 Å². The molecule has 0 radical (unpaired) electrons. The van der Waals surface area contributed by atoms with Crippen molar-refractivity contribution < 1.29 is 9.53 Å². The summed E-state index contributed by atoms with van der Waals surface area (Å²) < 4.78 is 4.30. The van der Waals surface area contributed by atoms with Gasteiger partial charge in [0.25, 0.3) is 0 Å². The van der Waals surface area contributed by atoms with E-state index in [1.807, 2.05) is 6.92 Å². The van der Waals surface area contributed by atoms with Crippen LogP contribution in [-0.4, -0.2) is 5.16 Å². The van der Waals surface area contributed by atoms with E-state index in [1.165, 1.54) is 0 Å². The number of hydrogen-bond donors (Lipinski definition) is 0. The van der Waals surface area contributed by atoms with E-state index in [4.69, 9.17) is 0 Å². The molecule has 1 rings (SSSR count). The molecule has 1 aromatic heterocycles. The van der Waals surface area contributed by atoms with Crippen molar-refractivity contribution in [3.8, 4) is 0 Å². The van der Waals surface area contributed by atoms with E-state index in [1.54, 1.807) is 6.92 Å². The van der Waals surface area contributed by atoms with Crippen molar-refractivity contribution in [3.63, 3.8) is 0 Å². The van der Waals surface area contributed by atoms with Gasteiger partial charge in [0.05, 0.1) is 0 Å². The lowest BCUT2D eigenvalue weighted by molar-refractivity contribution is -0.807. The monoisotopic (exact) mass is 128 g/mol. The number of rotatable bonds is 1. The maximum atomic E-state index is 10.6. The summed E-state index contributed by atoms with van der Waals surface area (Å²) in [5.41, 5.74) is 1.28. The molecule has 0 saturated carbocycles. The predicted octanol–water partition coefficient (Wildman–Crippen LogP) is 0.179. The Hall–Kier alpha value is -1.06. The van der Waals surface area contributed by atoms with Crippen LogP contribution in [0.2, 0.25) is 0 Å². The van der Waals surface area contributed by atoms with Crippen molar-refractivity contribution in [3.05, 3.63) is 16.6 Å². The molecule has 0 aliphatic rings. The largest absolute Gasteiger partial charge is 0.359 e. The fraction of sp³-hybridized carbons (Fsp3) is 0.600. The third kappa shape index (κ3) is 0.872. The number of aryl methyl sites for hydroxylation is 1. The summed E-state index contributed by atoms with van der Waals surface area (Å²) in [6.45, 7) is 3.63. The molecule has 50 valence electrons. The zero-order valence-corrected chi connectivity index (χ0v) is 5.42. The first-order valence-electron chi connectivity index (χ1n) is 2.81. The molecule has 0 unspecified atom stereocenters. The van der Waals surface area contributed by atoms with E-state index in [0.717, 1.165) is 0 Å². The Morgan fingerprint density at radius 3 is 2.67 bits per heavy atom. The van der Waals surface area contributed by atoms with Crippen LogP contribution in [0.4, 0.5) is 0 Å². The molecule has 4 heteroatoms. The minimum atomic E-state index is 0.440. The van der Waals surface area contributed by atoms with Crippen molar-refractivity contribution in [1.82, 2.24) is 5.16 Å². The van der Waals surface area contributed by atoms with Crippen LogP contribution in [0.25, 0.3) is 0 Å². The molecule has 0 spiro atoms. The van der Waals surface area contributed by atoms with Crippen molar-refractivity contribution >= 4 is 0 Å². The molecule has 0 N–H and O–H groups in total. The Kier molecular flexibility index (Phi) is 1.38. The van der Waals surface area contributed by atoms with Crippen molar-refractivity contribution in [2.45, 2.75) is 20.3 Å². The maximum absolute atomic E-state index is 10.6. The van der Waals surface area contributed by atoms with Gasteiger partial charge in [-0.2, -0.15) is 0 Å². The molecule has 4 nitrogen and oxygen atoms in total. The van der Waals surface area contributed by atoms with E-state index in [0.29, 0.717) is 22.7 Å². The van der Waals surface area contributed by atoms with Gasteiger partial charge in [-0.1, -0.05) is 6.92 Å². The molecule has 0 amide bonds. The van der Waals surface area contributed by atoms with Crippen molar-refractivity contribution in [2.75, 3.05) is 0 Å². The maximum Gasteiger partial charge on any atom is 0.218 e. The first kappa shape index (κ1) is 6.07. The predicted molar refractivity (Wildman–Crippen MR) is 29.6 cm³/mol. The molecular formula is C5H8N2O2. The lowest BCUT2D eigenvalue weighted by Crippen LogP contribution is -2.27. The SMILES string of the molecule is CCc1c(C)no[n+]1[O-]. The Balaban J connectivity index is 3.07. The molecule has 0 saturated heterocycles. The number of hydrogen-bond acceptors (Lipinski definition) is 3. The van der Waals surface area contributed by atoms with Gasteiger partial charge in [-0.05, 0) is 4.90 Å². The topological polar surface area (TPSA) is 53.0 Å². The highest BCUT2D eigenvalue weighted by Crippen LogP contribution is 1.96. The average Bonchev–Trinajstić information content (AvgIpc) is 2.12. The molecule has 0 aromatic carbocycles. The Morgan fingerprint density at radius 1 is 1.78 bits per heavy atom. The van der Waals surface area contributed by atoms with Crippen LogP contribution in [0.5, 0.6) is 0 Å². The summed E-state index contributed by atoms with van der Waals surface area (Å²) >= 11 is 0. The third-order valence-electron chi connectivity index (χ3n) is 1.22. The summed E-state index contributed by atoms with van der Waals surface area (Å²) in [6.07, 6.45) is 0.666. The quantitative estimate of drug-likeness (QED) is 0.507. The van der Waals surface area contributed by atoms with Gasteiger partial charge < -0.3 is 5.21 Å². The second kappa shape index (κ2) is 2.05. The van der Waals surface area contributed by atoms with Crippen LogP contribution in [0.3, 0.4) is 0 Å². The van der Waals surface area contributed by atoms with E-state index in [2.05, 4.69) is 9.79 Å². The standard InChI is InChI=1S/C5H8N2O2/c1-3-5-4(2)6-9-7(5)8/h3H2,1-2H3. The van der Waals surface area contributed by atoms with E-state index < -0.39 is 0 Å². The molecule has 9 heavy (non-hydrogen) atoms. The van der Waals surface area contributed by atoms with Crippen LogP contribution in [0.15, 0.2) is 4.63 Å². The Labute approximate surface area is 52.6 Å². The Bertz CT molecular complexity index is 187. The second-order valence-electron chi connectivity index (χ2n) is 1.82. The molecule has 0 bridgehead atoms. The van der Waals surface area contributed by atoms with Gasteiger partial charge in [-0.15, -0.1) is 0 Å². The summed E-state index contributed by atoms with van der Waals surface area (Å²) in [5.74, 6) is 0. The lowest BCUT2D eigenvalue weighted by atomic mass is 10.3. The van der Waals surface area contributed by atoms with Gasteiger partial charge in [-0.25, -0.2) is 0 Å². The zero-order chi connectivity index (χ0) is 6.85. The highest BCUT2D eigenvalue weighted by Gasteiger charge is 2.10. The average molecular weight is 128 g/mol. The molecule has 0 fully saturated rings. The summed E-state index contributed by atoms with van der Waals surface area (Å²) in [4.78, 5) is 0.440. The first-order chi connectivity index (χ1) is 4.25. The lowest BCUT2D eigenvalue weighted by Gasteiger charge is -1.87. The van der Waals surface area contributed by atoms with Crippen molar-refractivity contribution in [2.24, 2.45) is 0 Å². The van der Waals surface area contributed by atoms with Gasteiger partial charge in [0.15, 0.2) is 5.69 Å².